The molecule has 148 valence electrons. The summed E-state index contributed by atoms with van der Waals surface area (Å²) in [6.45, 7) is 10.5. The van der Waals surface area contributed by atoms with E-state index in [-0.39, 0.29) is 23.8 Å². The quantitative estimate of drug-likeness (QED) is 0.885. The summed E-state index contributed by atoms with van der Waals surface area (Å²) in [6.07, 6.45) is 3.45. The predicted octanol–water partition coefficient (Wildman–Crippen LogP) is 2.66. The van der Waals surface area contributed by atoms with Gasteiger partial charge in [-0.3, -0.25) is 14.5 Å². The topological polar surface area (TPSA) is 52.7 Å². The number of hydrogen-bond acceptors (Lipinski definition) is 3. The molecular formula is C22H33N3O2. The Morgan fingerprint density at radius 2 is 1.81 bits per heavy atom. The molecule has 3 rings (SSSR count). The lowest BCUT2D eigenvalue weighted by Gasteiger charge is -2.40. The number of hydrogen-bond donors (Lipinski definition) is 1. The molecule has 1 N–H and O–H groups in total. The molecule has 5 heteroatoms. The Bertz CT molecular complexity index is 668. The molecule has 2 saturated heterocycles. The maximum absolute atomic E-state index is 12.6. The van der Waals surface area contributed by atoms with Crippen LogP contribution in [0.2, 0.25) is 0 Å². The number of likely N-dealkylation sites (tertiary alicyclic amines) is 2. The third kappa shape index (κ3) is 5.10. The van der Waals surface area contributed by atoms with Crippen LogP contribution < -0.4 is 5.32 Å². The van der Waals surface area contributed by atoms with E-state index in [1.807, 2.05) is 25.7 Å². The van der Waals surface area contributed by atoms with Gasteiger partial charge in [-0.2, -0.15) is 0 Å². The maximum atomic E-state index is 12.6. The van der Waals surface area contributed by atoms with Gasteiger partial charge < -0.3 is 10.2 Å². The van der Waals surface area contributed by atoms with Crippen molar-refractivity contribution in [2.75, 3.05) is 32.7 Å². The van der Waals surface area contributed by atoms with E-state index in [0.717, 1.165) is 39.1 Å². The van der Waals surface area contributed by atoms with E-state index in [0.29, 0.717) is 0 Å². The Morgan fingerprint density at radius 1 is 1.07 bits per heavy atom. The van der Waals surface area contributed by atoms with Crippen molar-refractivity contribution in [1.29, 1.82) is 0 Å². The van der Waals surface area contributed by atoms with Crippen molar-refractivity contribution in [3.8, 4) is 0 Å². The normalized spacial score (nSPS) is 23.6. The summed E-state index contributed by atoms with van der Waals surface area (Å²) in [5.41, 5.74) is 1.11. The molecule has 1 aromatic carbocycles. The Balaban J connectivity index is 1.52. The largest absolute Gasteiger partial charge is 0.347 e. The highest BCUT2D eigenvalue weighted by atomic mass is 16.2. The fourth-order valence-corrected chi connectivity index (χ4v) is 4.30. The van der Waals surface area contributed by atoms with Crippen LogP contribution in [0.4, 0.5) is 0 Å². The molecular weight excluding hydrogens is 338 g/mol. The first kappa shape index (κ1) is 19.9. The Kier molecular flexibility index (Phi) is 5.89. The molecule has 0 radical (unpaired) electrons. The minimum Gasteiger partial charge on any atom is -0.347 e. The zero-order valence-corrected chi connectivity index (χ0v) is 17.0. The van der Waals surface area contributed by atoms with Gasteiger partial charge in [0.25, 0.3) is 0 Å². The van der Waals surface area contributed by atoms with Gasteiger partial charge in [0.2, 0.25) is 11.8 Å². The number of amides is 2. The van der Waals surface area contributed by atoms with Crippen LogP contribution >= 0.6 is 0 Å². The monoisotopic (exact) mass is 371 g/mol. The average Bonchev–Trinajstić information content (AvgIpc) is 3.02. The van der Waals surface area contributed by atoms with E-state index in [1.165, 1.54) is 18.4 Å². The molecule has 0 saturated carbocycles. The summed E-state index contributed by atoms with van der Waals surface area (Å²) in [5, 5.41) is 2.79. The second-order valence-corrected chi connectivity index (χ2v) is 9.30. The van der Waals surface area contributed by atoms with E-state index in [1.54, 1.807) is 0 Å². The number of piperidine rings is 1. The average molecular weight is 372 g/mol. The minimum atomic E-state index is -0.464. The highest BCUT2D eigenvalue weighted by Gasteiger charge is 2.42. The molecule has 0 aliphatic carbocycles. The lowest BCUT2D eigenvalue weighted by atomic mass is 9.79. The second-order valence-electron chi connectivity index (χ2n) is 9.30. The van der Waals surface area contributed by atoms with Gasteiger partial charge in [-0.05, 0) is 31.4 Å². The molecule has 5 nitrogen and oxygen atoms in total. The second kappa shape index (κ2) is 8.01. The van der Waals surface area contributed by atoms with Crippen molar-refractivity contribution in [3.63, 3.8) is 0 Å². The van der Waals surface area contributed by atoms with Gasteiger partial charge in [0.15, 0.2) is 0 Å². The molecule has 1 unspecified atom stereocenters. The van der Waals surface area contributed by atoms with Crippen LogP contribution in [0.15, 0.2) is 30.3 Å². The summed E-state index contributed by atoms with van der Waals surface area (Å²) in [4.78, 5) is 29.1. The molecule has 1 spiro atoms. The predicted molar refractivity (Wildman–Crippen MR) is 107 cm³/mol. The van der Waals surface area contributed by atoms with E-state index in [2.05, 4.69) is 40.5 Å². The number of nitrogens with zero attached hydrogens (tertiary/aromatic N) is 2. The number of benzene rings is 1. The van der Waals surface area contributed by atoms with Gasteiger partial charge in [-0.25, -0.2) is 0 Å². The summed E-state index contributed by atoms with van der Waals surface area (Å²) < 4.78 is 0. The van der Waals surface area contributed by atoms with Gasteiger partial charge in [0.1, 0.15) is 0 Å². The van der Waals surface area contributed by atoms with Crippen LogP contribution in [0.25, 0.3) is 0 Å². The lowest BCUT2D eigenvalue weighted by molar-refractivity contribution is -0.135. The van der Waals surface area contributed by atoms with Gasteiger partial charge in [0.05, 0.1) is 6.54 Å². The fourth-order valence-electron chi connectivity index (χ4n) is 4.30. The van der Waals surface area contributed by atoms with Gasteiger partial charge in [-0.1, -0.05) is 51.1 Å². The summed E-state index contributed by atoms with van der Waals surface area (Å²) in [5.74, 6) is -0.0267. The summed E-state index contributed by atoms with van der Waals surface area (Å²) in [7, 11) is 0. The zero-order chi connectivity index (χ0) is 19.5. The number of rotatable bonds is 4. The summed E-state index contributed by atoms with van der Waals surface area (Å²) in [6, 6.07) is 10.6. The molecule has 27 heavy (non-hydrogen) atoms. The molecule has 2 aliphatic heterocycles. The fraction of sp³-hybridized carbons (Fsp3) is 0.636. The van der Waals surface area contributed by atoms with Gasteiger partial charge >= 0.3 is 0 Å². The van der Waals surface area contributed by atoms with Crippen LogP contribution in [0, 0.1) is 10.8 Å². The Labute approximate surface area is 163 Å². The Hall–Kier alpha value is -1.88. The Morgan fingerprint density at radius 3 is 2.52 bits per heavy atom. The first-order valence-corrected chi connectivity index (χ1v) is 10.1. The van der Waals surface area contributed by atoms with Gasteiger partial charge in [0, 0.05) is 37.0 Å². The van der Waals surface area contributed by atoms with E-state index >= 15 is 0 Å². The molecule has 2 heterocycles. The van der Waals surface area contributed by atoms with E-state index < -0.39 is 5.41 Å². The molecule has 2 aliphatic rings. The van der Waals surface area contributed by atoms with Crippen LogP contribution in [0.3, 0.4) is 0 Å². The van der Waals surface area contributed by atoms with Crippen molar-refractivity contribution < 1.29 is 9.59 Å². The molecule has 2 amide bonds. The highest BCUT2D eigenvalue weighted by molar-refractivity contribution is 5.87. The van der Waals surface area contributed by atoms with Crippen molar-refractivity contribution in [2.24, 2.45) is 10.8 Å². The van der Waals surface area contributed by atoms with Crippen molar-refractivity contribution in [1.82, 2.24) is 15.1 Å². The van der Waals surface area contributed by atoms with Crippen molar-refractivity contribution in [3.05, 3.63) is 35.9 Å². The zero-order valence-electron chi connectivity index (χ0n) is 17.0. The smallest absolute Gasteiger partial charge is 0.241 e. The molecule has 1 atom stereocenters. The van der Waals surface area contributed by atoms with E-state index in [4.69, 9.17) is 0 Å². The van der Waals surface area contributed by atoms with Crippen LogP contribution in [0.5, 0.6) is 0 Å². The first-order chi connectivity index (χ1) is 12.8. The maximum Gasteiger partial charge on any atom is 0.241 e. The lowest BCUT2D eigenvalue weighted by Crippen LogP contribution is -2.46. The van der Waals surface area contributed by atoms with Gasteiger partial charge in [-0.15, -0.1) is 0 Å². The summed E-state index contributed by atoms with van der Waals surface area (Å²) >= 11 is 0. The number of nitrogens with one attached hydrogen (secondary N) is 1. The SMILES string of the molecule is CC(C)(C)C(=O)NCC(=O)N1CCC2(CCCN(Cc3ccccc3)C2)C1. The van der Waals surface area contributed by atoms with Crippen molar-refractivity contribution >= 4 is 11.8 Å². The highest BCUT2D eigenvalue weighted by Crippen LogP contribution is 2.39. The minimum absolute atomic E-state index is 0.0460. The standard InChI is InChI=1S/C22H33N3O2/c1-21(2,3)20(27)23-14-19(26)25-13-11-22(17-25)10-7-12-24(16-22)15-18-8-5-4-6-9-18/h4-6,8-9H,7,10-17H2,1-3H3,(H,23,27). The first-order valence-electron chi connectivity index (χ1n) is 10.1. The molecule has 1 aromatic rings. The van der Waals surface area contributed by atoms with E-state index in [9.17, 15) is 9.59 Å². The molecule has 2 fully saturated rings. The number of carbonyl (C=O) groups is 2. The molecule has 0 aromatic heterocycles. The van der Waals surface area contributed by atoms with Crippen LogP contribution in [-0.2, 0) is 16.1 Å². The number of carbonyl (C=O) groups excluding carboxylic acids is 2. The van der Waals surface area contributed by atoms with Crippen LogP contribution in [0.1, 0.15) is 45.6 Å². The van der Waals surface area contributed by atoms with Crippen LogP contribution in [-0.4, -0.2) is 54.3 Å². The molecule has 0 bridgehead atoms. The third-order valence-corrected chi connectivity index (χ3v) is 5.86. The van der Waals surface area contributed by atoms with Crippen molar-refractivity contribution in [2.45, 2.75) is 46.6 Å². The third-order valence-electron chi connectivity index (χ3n) is 5.86.